The third-order valence-electron chi connectivity index (χ3n) is 6.81. The normalized spacial score (nSPS) is 15.2. The van der Waals surface area contributed by atoms with Crippen LogP contribution in [-0.4, -0.2) is 40.7 Å². The van der Waals surface area contributed by atoms with Gasteiger partial charge in [0.25, 0.3) is 0 Å². The molecule has 1 aliphatic heterocycles. The number of piperidine rings is 1. The van der Waals surface area contributed by atoms with Gasteiger partial charge in [-0.15, -0.1) is 12.4 Å². The Morgan fingerprint density at radius 3 is 2.36 bits per heavy atom. The first-order valence-electron chi connectivity index (χ1n) is 12.0. The van der Waals surface area contributed by atoms with Crippen molar-refractivity contribution in [1.29, 1.82) is 0 Å². The molecule has 1 aliphatic rings. The van der Waals surface area contributed by atoms with Crippen molar-refractivity contribution in [3.8, 4) is 5.88 Å². The summed E-state index contributed by atoms with van der Waals surface area (Å²) in [5.41, 5.74) is 2.44. The first-order valence-corrected chi connectivity index (χ1v) is 12.0. The fourth-order valence-corrected chi connectivity index (χ4v) is 4.74. The molecule has 0 aliphatic carbocycles. The van der Waals surface area contributed by atoms with Gasteiger partial charge in [-0.25, -0.2) is 4.98 Å². The highest BCUT2D eigenvalue weighted by Gasteiger charge is 2.21. The second-order valence-corrected chi connectivity index (χ2v) is 9.39. The fraction of sp³-hybridized carbons (Fsp3) is 0.393. The molecule has 0 radical (unpaired) electrons. The molecule has 1 fully saturated rings. The summed E-state index contributed by atoms with van der Waals surface area (Å²) in [7, 11) is 0. The van der Waals surface area contributed by atoms with Crippen molar-refractivity contribution in [2.24, 2.45) is 5.92 Å². The fourth-order valence-electron chi connectivity index (χ4n) is 4.74. The number of aromatic nitrogens is 2. The third-order valence-corrected chi connectivity index (χ3v) is 6.81. The molecule has 5 heteroatoms. The molecule has 2 aromatic carbocycles. The predicted octanol–water partition coefficient (Wildman–Crippen LogP) is 6.53. The van der Waals surface area contributed by atoms with Crippen LogP contribution in [0.5, 0.6) is 5.88 Å². The van der Waals surface area contributed by atoms with Crippen LogP contribution in [0, 0.1) is 5.92 Å². The van der Waals surface area contributed by atoms with Gasteiger partial charge in [0.2, 0.25) is 5.88 Å². The molecule has 0 unspecified atom stereocenters. The number of rotatable bonds is 7. The van der Waals surface area contributed by atoms with E-state index in [0.717, 1.165) is 49.4 Å². The van der Waals surface area contributed by atoms with Gasteiger partial charge in [0.05, 0.1) is 17.5 Å². The lowest BCUT2D eigenvalue weighted by Gasteiger charge is -2.31. The second kappa shape index (κ2) is 10.6. The molecule has 4 nitrogen and oxygen atoms in total. The molecule has 0 spiro atoms. The number of nitrogens with zero attached hydrogens (tertiary/aromatic N) is 3. The van der Waals surface area contributed by atoms with Crippen LogP contribution in [0.25, 0.3) is 21.7 Å². The summed E-state index contributed by atoms with van der Waals surface area (Å²) in [6.45, 7) is 8.63. The van der Waals surface area contributed by atoms with Crippen molar-refractivity contribution in [2.75, 3.05) is 26.2 Å². The van der Waals surface area contributed by atoms with E-state index < -0.39 is 0 Å². The maximum atomic E-state index is 6.38. The lowest BCUT2D eigenvalue weighted by atomic mass is 9.97. The van der Waals surface area contributed by atoms with E-state index in [1.54, 1.807) is 0 Å². The Morgan fingerprint density at radius 1 is 0.909 bits per heavy atom. The molecule has 5 rings (SSSR count). The van der Waals surface area contributed by atoms with Gasteiger partial charge in [0.1, 0.15) is 0 Å². The summed E-state index contributed by atoms with van der Waals surface area (Å²) in [5, 5.41) is 3.55. The first kappa shape index (κ1) is 23.6. The van der Waals surface area contributed by atoms with Crippen molar-refractivity contribution in [3.63, 3.8) is 0 Å². The number of fused-ring (bicyclic) bond motifs is 3. The maximum Gasteiger partial charge on any atom is 0.223 e. The van der Waals surface area contributed by atoms with E-state index >= 15 is 0 Å². The second-order valence-electron chi connectivity index (χ2n) is 9.39. The summed E-state index contributed by atoms with van der Waals surface area (Å²) >= 11 is 0. The molecule has 3 heterocycles. The van der Waals surface area contributed by atoms with Crippen LogP contribution in [0.2, 0.25) is 0 Å². The van der Waals surface area contributed by atoms with Gasteiger partial charge < -0.3 is 14.2 Å². The smallest absolute Gasteiger partial charge is 0.223 e. The molecule has 0 bridgehead atoms. The van der Waals surface area contributed by atoms with E-state index in [1.807, 2.05) is 0 Å². The van der Waals surface area contributed by atoms with E-state index in [2.05, 4.69) is 90.3 Å². The monoisotopic (exact) mass is 463 g/mol. The molecular formula is C28H34ClN3O. The van der Waals surface area contributed by atoms with Crippen LogP contribution in [-0.2, 0) is 6.42 Å². The molecule has 174 valence electrons. The topological polar surface area (TPSA) is 30.3 Å². The average Bonchev–Trinajstić information content (AvgIpc) is 3.29. The molecule has 4 aromatic rings. The Balaban J connectivity index is 0.00000259. The molecular weight excluding hydrogens is 430 g/mol. The van der Waals surface area contributed by atoms with Crippen molar-refractivity contribution in [2.45, 2.75) is 39.2 Å². The van der Waals surface area contributed by atoms with Crippen LogP contribution >= 0.6 is 12.4 Å². The van der Waals surface area contributed by atoms with Gasteiger partial charge in [-0.2, -0.15) is 0 Å². The summed E-state index contributed by atoms with van der Waals surface area (Å²) < 4.78 is 8.64. The first-order chi connectivity index (χ1) is 15.7. The number of halogens is 1. The number of para-hydroxylation sites is 1. The van der Waals surface area contributed by atoms with Gasteiger partial charge in [-0.1, -0.05) is 48.5 Å². The molecule has 2 aromatic heterocycles. The van der Waals surface area contributed by atoms with Crippen LogP contribution in [0.15, 0.2) is 67.0 Å². The SMILES string of the molecule is CC(C)n1cc2c(OCC3CCN(CCc4ccccc4)CC3)nc3ccccc3c2c1.Cl. The van der Waals surface area contributed by atoms with Gasteiger partial charge in [-0.05, 0) is 63.7 Å². The molecule has 0 N–H and O–H groups in total. The zero-order valence-corrected chi connectivity index (χ0v) is 20.4. The maximum absolute atomic E-state index is 6.38. The van der Waals surface area contributed by atoms with E-state index in [4.69, 9.17) is 9.72 Å². The summed E-state index contributed by atoms with van der Waals surface area (Å²) in [6, 6.07) is 19.6. The molecule has 0 amide bonds. The summed E-state index contributed by atoms with van der Waals surface area (Å²) in [4.78, 5) is 7.49. The summed E-state index contributed by atoms with van der Waals surface area (Å²) in [6.07, 6.45) is 7.95. The Labute approximate surface area is 203 Å². The minimum absolute atomic E-state index is 0. The quantitative estimate of drug-likeness (QED) is 0.312. The average molecular weight is 464 g/mol. The van der Waals surface area contributed by atoms with E-state index in [9.17, 15) is 0 Å². The number of pyridine rings is 1. The van der Waals surface area contributed by atoms with Crippen molar-refractivity contribution in [1.82, 2.24) is 14.5 Å². The van der Waals surface area contributed by atoms with Crippen molar-refractivity contribution >= 4 is 34.1 Å². The summed E-state index contributed by atoms with van der Waals surface area (Å²) in [5.74, 6) is 1.38. The standard InChI is InChI=1S/C28H33N3O.ClH/c1-21(2)31-18-25-24-10-6-7-11-27(24)29-28(26(25)19-31)32-20-23-13-16-30(17-14-23)15-12-22-8-4-3-5-9-22;/h3-11,18-19,21,23H,12-17,20H2,1-2H3;1H. The number of benzene rings is 2. The highest BCUT2D eigenvalue weighted by Crippen LogP contribution is 2.33. The number of hydrogen-bond acceptors (Lipinski definition) is 3. The predicted molar refractivity (Wildman–Crippen MR) is 140 cm³/mol. The highest BCUT2D eigenvalue weighted by atomic mass is 35.5. The Bertz CT molecular complexity index is 1180. The lowest BCUT2D eigenvalue weighted by molar-refractivity contribution is 0.141. The van der Waals surface area contributed by atoms with Crippen LogP contribution < -0.4 is 4.74 Å². The van der Waals surface area contributed by atoms with Gasteiger partial charge >= 0.3 is 0 Å². The van der Waals surface area contributed by atoms with Crippen LogP contribution in [0.3, 0.4) is 0 Å². The van der Waals surface area contributed by atoms with Crippen molar-refractivity contribution < 1.29 is 4.74 Å². The Kier molecular flexibility index (Phi) is 7.56. The molecule has 0 saturated carbocycles. The van der Waals surface area contributed by atoms with E-state index in [0.29, 0.717) is 12.0 Å². The Hall–Kier alpha value is -2.56. The van der Waals surface area contributed by atoms with Crippen LogP contribution in [0.4, 0.5) is 0 Å². The largest absolute Gasteiger partial charge is 0.477 e. The van der Waals surface area contributed by atoms with Crippen molar-refractivity contribution in [3.05, 3.63) is 72.6 Å². The van der Waals surface area contributed by atoms with E-state index in [-0.39, 0.29) is 12.4 Å². The number of likely N-dealkylation sites (tertiary alicyclic amines) is 1. The molecule has 33 heavy (non-hydrogen) atoms. The minimum Gasteiger partial charge on any atom is -0.477 e. The molecule has 0 atom stereocenters. The zero-order valence-electron chi connectivity index (χ0n) is 19.6. The number of ether oxygens (including phenoxy) is 1. The molecule has 1 saturated heterocycles. The zero-order chi connectivity index (χ0) is 21.9. The van der Waals surface area contributed by atoms with Gasteiger partial charge in [-0.3, -0.25) is 0 Å². The van der Waals surface area contributed by atoms with Gasteiger partial charge in [0, 0.05) is 35.8 Å². The lowest BCUT2D eigenvalue weighted by Crippen LogP contribution is -2.36. The van der Waals surface area contributed by atoms with Gasteiger partial charge in [0.15, 0.2) is 0 Å². The minimum atomic E-state index is 0. The highest BCUT2D eigenvalue weighted by molar-refractivity contribution is 6.07. The number of hydrogen-bond donors (Lipinski definition) is 0. The van der Waals surface area contributed by atoms with Crippen LogP contribution in [0.1, 0.15) is 38.3 Å². The Morgan fingerprint density at radius 2 is 1.61 bits per heavy atom. The van der Waals surface area contributed by atoms with E-state index in [1.165, 1.54) is 29.2 Å². The third kappa shape index (κ3) is 5.34.